The summed E-state index contributed by atoms with van der Waals surface area (Å²) in [5, 5.41) is 29.1. The highest BCUT2D eigenvalue weighted by Gasteiger charge is 2.51. The Kier molecular flexibility index (Phi) is 6.18. The lowest BCUT2D eigenvalue weighted by Gasteiger charge is -2.27. The molecule has 32 heavy (non-hydrogen) atoms. The number of pyridine rings is 1. The molecule has 1 aliphatic rings. The fourth-order valence-corrected chi connectivity index (χ4v) is 4.91. The lowest BCUT2D eigenvalue weighted by Crippen LogP contribution is -2.48. The zero-order chi connectivity index (χ0) is 23.9. The van der Waals surface area contributed by atoms with Crippen LogP contribution < -0.4 is 4.74 Å². The zero-order valence-electron chi connectivity index (χ0n) is 16.5. The molecule has 1 fully saturated rings. The van der Waals surface area contributed by atoms with Crippen LogP contribution in [0.5, 0.6) is 5.75 Å². The number of rotatable bonds is 5. The Morgan fingerprint density at radius 1 is 1.34 bits per heavy atom. The van der Waals surface area contributed by atoms with Gasteiger partial charge in [-0.2, -0.15) is 22.7 Å². The minimum Gasteiger partial charge on any atom is -0.486 e. The second-order valence-corrected chi connectivity index (χ2v) is 9.10. The average Bonchev–Trinajstić information content (AvgIpc) is 3.05. The summed E-state index contributed by atoms with van der Waals surface area (Å²) >= 11 is 0. The predicted molar refractivity (Wildman–Crippen MR) is 100 cm³/mol. The Morgan fingerprint density at radius 2 is 2.03 bits per heavy atom. The number of nitrogens with zero attached hydrogens (tertiary/aromatic N) is 3. The predicted octanol–water partition coefficient (Wildman–Crippen LogP) is 1.59. The second-order valence-electron chi connectivity index (χ2n) is 7.20. The van der Waals surface area contributed by atoms with Crippen molar-refractivity contribution in [1.82, 2.24) is 9.29 Å². The molecule has 0 bridgehead atoms. The van der Waals surface area contributed by atoms with Gasteiger partial charge in [0.1, 0.15) is 39.9 Å². The van der Waals surface area contributed by atoms with Crippen LogP contribution in [-0.2, 0) is 16.2 Å². The molecule has 2 aromatic rings. The number of aryl methyl sites for hydroxylation is 1. The Labute approximate surface area is 180 Å². The van der Waals surface area contributed by atoms with Crippen molar-refractivity contribution in [2.24, 2.45) is 0 Å². The smallest absolute Gasteiger partial charge is 0.433 e. The van der Waals surface area contributed by atoms with Gasteiger partial charge < -0.3 is 14.9 Å². The standard InChI is InChI=1S/C19H17F4N3O5S/c1-11-15(4-5-16(25-11)19(21,22)23)32(29,30)26-8-17(18(28,9-26)10-27)31-13-3-2-12(7-24)14(20)6-13/h2-6,17,27-28H,8-10H2,1H3/t17-,18-/m1/s1. The van der Waals surface area contributed by atoms with Crippen LogP contribution in [0.1, 0.15) is 17.0 Å². The Morgan fingerprint density at radius 3 is 2.56 bits per heavy atom. The largest absolute Gasteiger partial charge is 0.486 e. The van der Waals surface area contributed by atoms with Crippen molar-refractivity contribution < 1.29 is 40.9 Å². The van der Waals surface area contributed by atoms with E-state index >= 15 is 0 Å². The summed E-state index contributed by atoms with van der Waals surface area (Å²) in [5.41, 5.74) is -3.99. The molecule has 2 N–H and O–H groups in total. The lowest BCUT2D eigenvalue weighted by molar-refractivity contribution is -0.141. The highest BCUT2D eigenvalue weighted by atomic mass is 32.2. The molecule has 1 saturated heterocycles. The summed E-state index contributed by atoms with van der Waals surface area (Å²) in [4.78, 5) is 2.81. The topological polar surface area (TPSA) is 124 Å². The van der Waals surface area contributed by atoms with Crippen molar-refractivity contribution in [1.29, 1.82) is 5.26 Å². The van der Waals surface area contributed by atoms with E-state index in [-0.39, 0.29) is 11.3 Å². The minimum absolute atomic E-state index is 0.120. The van der Waals surface area contributed by atoms with Crippen LogP contribution in [0, 0.1) is 24.1 Å². The molecule has 8 nitrogen and oxygen atoms in total. The van der Waals surface area contributed by atoms with E-state index in [1.165, 1.54) is 6.07 Å². The third-order valence-electron chi connectivity index (χ3n) is 4.98. The van der Waals surface area contributed by atoms with Crippen molar-refractivity contribution in [3.05, 3.63) is 53.1 Å². The molecule has 0 saturated carbocycles. The second kappa shape index (κ2) is 8.28. The summed E-state index contributed by atoms with van der Waals surface area (Å²) in [5.74, 6) is -1.02. The van der Waals surface area contributed by atoms with Crippen molar-refractivity contribution in [3.8, 4) is 11.8 Å². The Bertz CT molecular complexity index is 1180. The quantitative estimate of drug-likeness (QED) is 0.630. The number of β-amino-alcohol motifs (C(OH)–C–C–N with tert-alkyl or cyclic N) is 1. The molecular weight excluding hydrogens is 458 g/mol. The molecule has 1 aliphatic heterocycles. The molecule has 2 atom stereocenters. The summed E-state index contributed by atoms with van der Waals surface area (Å²) in [6.07, 6.45) is -6.09. The van der Waals surface area contributed by atoms with Crippen LogP contribution in [0.3, 0.4) is 0 Å². The van der Waals surface area contributed by atoms with E-state index in [4.69, 9.17) is 10.00 Å². The SMILES string of the molecule is Cc1nc(C(F)(F)F)ccc1S(=O)(=O)N1C[C@@H](Oc2ccc(C#N)c(F)c2)[C@](O)(CO)C1. The molecule has 0 unspecified atom stereocenters. The number of aliphatic hydroxyl groups excluding tert-OH is 1. The van der Waals surface area contributed by atoms with Gasteiger partial charge >= 0.3 is 6.18 Å². The Balaban J connectivity index is 1.90. The first-order valence-electron chi connectivity index (χ1n) is 9.06. The number of sulfonamides is 1. The average molecular weight is 475 g/mol. The summed E-state index contributed by atoms with van der Waals surface area (Å²) < 4.78 is 84.6. The van der Waals surface area contributed by atoms with Gasteiger partial charge in [-0.25, -0.2) is 17.8 Å². The molecule has 3 rings (SSSR count). The third kappa shape index (κ3) is 4.40. The van der Waals surface area contributed by atoms with Crippen LogP contribution in [0.15, 0.2) is 35.2 Å². The molecule has 13 heteroatoms. The van der Waals surface area contributed by atoms with E-state index in [0.717, 1.165) is 29.4 Å². The fourth-order valence-electron chi connectivity index (χ4n) is 3.25. The number of ether oxygens (including phenoxy) is 1. The van der Waals surface area contributed by atoms with Crippen LogP contribution >= 0.6 is 0 Å². The number of hydrogen-bond acceptors (Lipinski definition) is 7. The first-order valence-corrected chi connectivity index (χ1v) is 10.5. The van der Waals surface area contributed by atoms with Crippen molar-refractivity contribution in [2.75, 3.05) is 19.7 Å². The van der Waals surface area contributed by atoms with Gasteiger partial charge in [0.15, 0.2) is 0 Å². The van der Waals surface area contributed by atoms with E-state index in [2.05, 4.69) is 4.98 Å². The number of nitriles is 1. The number of halogens is 4. The van der Waals surface area contributed by atoms with Crippen molar-refractivity contribution in [2.45, 2.75) is 29.7 Å². The van der Waals surface area contributed by atoms with Gasteiger partial charge in [-0.3, -0.25) is 0 Å². The lowest BCUT2D eigenvalue weighted by atomic mass is 10.0. The third-order valence-corrected chi connectivity index (χ3v) is 6.92. The molecule has 1 aromatic heterocycles. The zero-order valence-corrected chi connectivity index (χ0v) is 17.3. The molecule has 2 heterocycles. The first kappa shape index (κ1) is 23.9. The monoisotopic (exact) mass is 475 g/mol. The fraction of sp³-hybridized carbons (Fsp3) is 0.368. The van der Waals surface area contributed by atoms with Crippen molar-refractivity contribution >= 4 is 10.0 Å². The summed E-state index contributed by atoms with van der Waals surface area (Å²) in [6.45, 7) is -0.923. The van der Waals surface area contributed by atoms with E-state index in [0.29, 0.717) is 6.07 Å². The molecule has 172 valence electrons. The highest BCUT2D eigenvalue weighted by molar-refractivity contribution is 7.89. The molecule has 0 radical (unpaired) electrons. The van der Waals surface area contributed by atoms with Gasteiger partial charge in [0.05, 0.1) is 24.4 Å². The van der Waals surface area contributed by atoms with Gasteiger partial charge in [-0.1, -0.05) is 0 Å². The molecule has 0 aliphatic carbocycles. The van der Waals surface area contributed by atoms with Gasteiger partial charge in [-0.05, 0) is 31.2 Å². The van der Waals surface area contributed by atoms with Gasteiger partial charge in [0.2, 0.25) is 10.0 Å². The maximum atomic E-state index is 13.8. The molecule has 0 amide bonds. The maximum Gasteiger partial charge on any atom is 0.433 e. The molecule has 1 aromatic carbocycles. The number of benzene rings is 1. The number of alkyl halides is 3. The van der Waals surface area contributed by atoms with Gasteiger partial charge in [0, 0.05) is 12.6 Å². The number of hydrogen-bond donors (Lipinski definition) is 2. The van der Waals surface area contributed by atoms with Crippen molar-refractivity contribution in [3.63, 3.8) is 0 Å². The van der Waals surface area contributed by atoms with E-state index < -0.39 is 69.7 Å². The molecular formula is C19H17F4N3O5S. The van der Waals surface area contributed by atoms with Gasteiger partial charge in [0.25, 0.3) is 0 Å². The van der Waals surface area contributed by atoms with Crippen LogP contribution in [0.25, 0.3) is 0 Å². The Hall–Kier alpha value is -2.79. The summed E-state index contributed by atoms with van der Waals surface area (Å²) in [7, 11) is -4.42. The van der Waals surface area contributed by atoms with Crippen LogP contribution in [-0.4, -0.2) is 59.3 Å². The molecule has 0 spiro atoms. The van der Waals surface area contributed by atoms with Crippen LogP contribution in [0.4, 0.5) is 17.6 Å². The van der Waals surface area contributed by atoms with E-state index in [1.807, 2.05) is 0 Å². The van der Waals surface area contributed by atoms with E-state index in [1.54, 1.807) is 6.07 Å². The summed E-state index contributed by atoms with van der Waals surface area (Å²) in [6, 6.07) is 6.16. The van der Waals surface area contributed by atoms with Crippen LogP contribution in [0.2, 0.25) is 0 Å². The number of aromatic nitrogens is 1. The van der Waals surface area contributed by atoms with E-state index in [9.17, 15) is 36.2 Å². The highest BCUT2D eigenvalue weighted by Crippen LogP contribution is 2.33. The first-order chi connectivity index (χ1) is 14.8. The normalized spacial score (nSPS) is 22.0. The van der Waals surface area contributed by atoms with Gasteiger partial charge in [-0.15, -0.1) is 0 Å². The maximum absolute atomic E-state index is 13.8. The minimum atomic E-state index is -4.76. The number of aliphatic hydroxyl groups is 2.